The van der Waals surface area contributed by atoms with Crippen molar-refractivity contribution in [1.29, 1.82) is 0 Å². The van der Waals surface area contributed by atoms with E-state index in [-0.39, 0.29) is 5.91 Å². The summed E-state index contributed by atoms with van der Waals surface area (Å²) < 4.78 is 0. The largest absolute Gasteiger partial charge is 0.366 e. The van der Waals surface area contributed by atoms with Gasteiger partial charge in [0.15, 0.2) is 0 Å². The molecule has 0 atom stereocenters. The van der Waals surface area contributed by atoms with Crippen molar-refractivity contribution in [3.8, 4) is 0 Å². The SMILES string of the molecule is CCCCC/C=C/C(N)=O. The average Bonchev–Trinajstić information content (AvgIpc) is 1.87. The van der Waals surface area contributed by atoms with Gasteiger partial charge >= 0.3 is 0 Å². The molecule has 0 aliphatic rings. The molecule has 0 saturated carbocycles. The van der Waals surface area contributed by atoms with Gasteiger partial charge in [0.1, 0.15) is 0 Å². The van der Waals surface area contributed by atoms with Crippen molar-refractivity contribution in [2.45, 2.75) is 32.6 Å². The summed E-state index contributed by atoms with van der Waals surface area (Å²) in [6.45, 7) is 2.15. The number of carbonyl (C=O) groups is 1. The maximum Gasteiger partial charge on any atom is 0.241 e. The van der Waals surface area contributed by atoms with Gasteiger partial charge in [-0.1, -0.05) is 25.8 Å². The van der Waals surface area contributed by atoms with E-state index >= 15 is 0 Å². The molecule has 0 bridgehead atoms. The van der Waals surface area contributed by atoms with Crippen LogP contribution in [0.15, 0.2) is 12.2 Å². The van der Waals surface area contributed by atoms with Crippen LogP contribution in [0, 0.1) is 0 Å². The Morgan fingerprint density at radius 2 is 2.20 bits per heavy atom. The number of amides is 1. The number of primary amides is 1. The summed E-state index contributed by atoms with van der Waals surface area (Å²) in [4.78, 5) is 10.2. The molecule has 0 spiro atoms. The summed E-state index contributed by atoms with van der Waals surface area (Å²) in [7, 11) is 0. The Kier molecular flexibility index (Phi) is 5.83. The van der Waals surface area contributed by atoms with E-state index in [1.54, 1.807) is 0 Å². The van der Waals surface area contributed by atoms with Crippen LogP contribution in [-0.2, 0) is 4.79 Å². The molecule has 0 saturated heterocycles. The standard InChI is InChI=1S/C8H15NO/c1-2-3-4-5-6-7-8(9)10/h6-7H,2-5H2,1H3,(H2,9,10)/b7-6+. The lowest BCUT2D eigenvalue weighted by Crippen LogP contribution is -2.05. The molecule has 58 valence electrons. The van der Waals surface area contributed by atoms with E-state index in [1.807, 2.05) is 6.08 Å². The number of nitrogens with two attached hydrogens (primary N) is 1. The van der Waals surface area contributed by atoms with Crippen molar-refractivity contribution < 1.29 is 4.79 Å². The molecular weight excluding hydrogens is 126 g/mol. The quantitative estimate of drug-likeness (QED) is 0.458. The maximum absolute atomic E-state index is 10.2. The van der Waals surface area contributed by atoms with Gasteiger partial charge < -0.3 is 5.73 Å². The van der Waals surface area contributed by atoms with Crippen LogP contribution < -0.4 is 5.73 Å². The zero-order valence-electron chi connectivity index (χ0n) is 6.47. The zero-order valence-corrected chi connectivity index (χ0v) is 6.47. The molecule has 10 heavy (non-hydrogen) atoms. The second kappa shape index (κ2) is 6.33. The number of rotatable bonds is 5. The van der Waals surface area contributed by atoms with Gasteiger partial charge in [0.05, 0.1) is 0 Å². The fourth-order valence-electron chi connectivity index (χ4n) is 0.712. The van der Waals surface area contributed by atoms with Crippen molar-refractivity contribution >= 4 is 5.91 Å². The van der Waals surface area contributed by atoms with Crippen molar-refractivity contribution in [3.63, 3.8) is 0 Å². The molecule has 1 amide bonds. The average molecular weight is 141 g/mol. The first-order valence-electron chi connectivity index (χ1n) is 3.73. The minimum Gasteiger partial charge on any atom is -0.366 e. The van der Waals surface area contributed by atoms with Crippen LogP contribution in [-0.4, -0.2) is 5.91 Å². The van der Waals surface area contributed by atoms with Crippen LogP contribution in [0.3, 0.4) is 0 Å². The number of carbonyl (C=O) groups excluding carboxylic acids is 1. The third kappa shape index (κ3) is 7.21. The molecule has 0 rings (SSSR count). The van der Waals surface area contributed by atoms with E-state index in [4.69, 9.17) is 5.73 Å². The normalized spacial score (nSPS) is 10.5. The molecule has 0 radical (unpaired) electrons. The van der Waals surface area contributed by atoms with Crippen molar-refractivity contribution in [3.05, 3.63) is 12.2 Å². The first-order chi connectivity index (χ1) is 4.77. The second-order valence-electron chi connectivity index (χ2n) is 2.30. The molecule has 0 heterocycles. The highest BCUT2D eigenvalue weighted by atomic mass is 16.1. The van der Waals surface area contributed by atoms with Crippen LogP contribution in [0.4, 0.5) is 0 Å². The Hall–Kier alpha value is -0.790. The van der Waals surface area contributed by atoms with Crippen LogP contribution in [0.5, 0.6) is 0 Å². The first kappa shape index (κ1) is 9.21. The number of hydrogen-bond donors (Lipinski definition) is 1. The first-order valence-corrected chi connectivity index (χ1v) is 3.73. The third-order valence-corrected chi connectivity index (χ3v) is 1.26. The summed E-state index contributed by atoms with van der Waals surface area (Å²) in [5, 5.41) is 0. The van der Waals surface area contributed by atoms with Crippen molar-refractivity contribution in [1.82, 2.24) is 0 Å². The van der Waals surface area contributed by atoms with Gasteiger partial charge in [-0.2, -0.15) is 0 Å². The van der Waals surface area contributed by atoms with Gasteiger partial charge in [-0.05, 0) is 18.9 Å². The lowest BCUT2D eigenvalue weighted by atomic mass is 10.2. The van der Waals surface area contributed by atoms with E-state index in [2.05, 4.69) is 6.92 Å². The molecular formula is C8H15NO. The summed E-state index contributed by atoms with van der Waals surface area (Å²) in [6.07, 6.45) is 7.82. The minimum absolute atomic E-state index is 0.350. The molecule has 0 fully saturated rings. The zero-order chi connectivity index (χ0) is 7.82. The highest BCUT2D eigenvalue weighted by molar-refractivity contribution is 5.85. The van der Waals surface area contributed by atoms with E-state index in [0.29, 0.717) is 0 Å². The summed E-state index contributed by atoms with van der Waals surface area (Å²) in [5.74, 6) is -0.350. The smallest absolute Gasteiger partial charge is 0.241 e. The fraction of sp³-hybridized carbons (Fsp3) is 0.625. The molecule has 2 heteroatoms. The minimum atomic E-state index is -0.350. The van der Waals surface area contributed by atoms with E-state index in [9.17, 15) is 4.79 Å². The van der Waals surface area contributed by atoms with E-state index in [0.717, 1.165) is 12.8 Å². The summed E-state index contributed by atoms with van der Waals surface area (Å²) in [6, 6.07) is 0. The fourth-order valence-corrected chi connectivity index (χ4v) is 0.712. The summed E-state index contributed by atoms with van der Waals surface area (Å²) in [5.41, 5.74) is 4.88. The van der Waals surface area contributed by atoms with E-state index < -0.39 is 0 Å². The summed E-state index contributed by atoms with van der Waals surface area (Å²) >= 11 is 0. The van der Waals surface area contributed by atoms with Gasteiger partial charge in [-0.25, -0.2) is 0 Å². The monoisotopic (exact) mass is 141 g/mol. The van der Waals surface area contributed by atoms with Gasteiger partial charge in [0.2, 0.25) is 5.91 Å². The second-order valence-corrected chi connectivity index (χ2v) is 2.30. The van der Waals surface area contributed by atoms with Crippen LogP contribution in [0.2, 0.25) is 0 Å². The van der Waals surface area contributed by atoms with Crippen molar-refractivity contribution in [2.24, 2.45) is 5.73 Å². The van der Waals surface area contributed by atoms with Crippen LogP contribution in [0.1, 0.15) is 32.6 Å². The molecule has 2 nitrogen and oxygen atoms in total. The Labute approximate surface area is 62.1 Å². The number of hydrogen-bond acceptors (Lipinski definition) is 1. The van der Waals surface area contributed by atoms with E-state index in [1.165, 1.54) is 18.9 Å². The number of unbranched alkanes of at least 4 members (excludes halogenated alkanes) is 3. The lowest BCUT2D eigenvalue weighted by molar-refractivity contribution is -0.113. The van der Waals surface area contributed by atoms with Gasteiger partial charge in [-0.3, -0.25) is 4.79 Å². The Balaban J connectivity index is 3.10. The Morgan fingerprint density at radius 1 is 1.50 bits per heavy atom. The molecule has 0 aromatic carbocycles. The highest BCUT2D eigenvalue weighted by Gasteiger charge is 1.83. The van der Waals surface area contributed by atoms with Crippen molar-refractivity contribution in [2.75, 3.05) is 0 Å². The van der Waals surface area contributed by atoms with Gasteiger partial charge in [-0.15, -0.1) is 0 Å². The third-order valence-electron chi connectivity index (χ3n) is 1.26. The van der Waals surface area contributed by atoms with Crippen LogP contribution >= 0.6 is 0 Å². The molecule has 0 unspecified atom stereocenters. The molecule has 2 N–H and O–H groups in total. The maximum atomic E-state index is 10.2. The highest BCUT2D eigenvalue weighted by Crippen LogP contribution is 1.98. The van der Waals surface area contributed by atoms with Crippen LogP contribution in [0.25, 0.3) is 0 Å². The predicted octanol–water partition coefficient (Wildman–Crippen LogP) is 1.61. The topological polar surface area (TPSA) is 43.1 Å². The predicted molar refractivity (Wildman–Crippen MR) is 42.5 cm³/mol. The van der Waals surface area contributed by atoms with Gasteiger partial charge in [0.25, 0.3) is 0 Å². The molecule has 0 aliphatic carbocycles. The molecule has 0 aromatic heterocycles. The molecule has 0 aliphatic heterocycles. The Bertz CT molecular complexity index is 118. The Morgan fingerprint density at radius 3 is 2.70 bits per heavy atom. The lowest BCUT2D eigenvalue weighted by Gasteiger charge is -1.89. The molecule has 0 aromatic rings. The van der Waals surface area contributed by atoms with Gasteiger partial charge in [0, 0.05) is 0 Å². The number of allylic oxidation sites excluding steroid dienone is 1.